The van der Waals surface area contributed by atoms with Crippen molar-refractivity contribution in [2.45, 2.75) is 65.5 Å². The molecule has 1 heterocycles. The topological polar surface area (TPSA) is 117 Å². The number of aryl methyl sites for hydroxylation is 2. The molecule has 0 radical (unpaired) electrons. The molecular formula is C23H32N4O4. The molecule has 0 aliphatic carbocycles. The van der Waals surface area contributed by atoms with Crippen molar-refractivity contribution < 1.29 is 14.6 Å². The van der Waals surface area contributed by atoms with Gasteiger partial charge in [0, 0.05) is 13.6 Å². The molecule has 2 rings (SSSR count). The average molecular weight is 429 g/mol. The molecule has 8 nitrogen and oxygen atoms in total. The summed E-state index contributed by atoms with van der Waals surface area (Å²) in [6.07, 6.45) is 2.78. The van der Waals surface area contributed by atoms with Crippen LogP contribution in [0.3, 0.4) is 0 Å². The third kappa shape index (κ3) is 5.93. The highest BCUT2D eigenvalue weighted by molar-refractivity contribution is 6.00. The van der Waals surface area contributed by atoms with Gasteiger partial charge in [0.25, 0.3) is 5.56 Å². The van der Waals surface area contributed by atoms with Crippen molar-refractivity contribution >= 4 is 17.4 Å². The van der Waals surface area contributed by atoms with Gasteiger partial charge in [-0.25, -0.2) is 9.78 Å². The van der Waals surface area contributed by atoms with Crippen LogP contribution in [0.15, 0.2) is 29.1 Å². The fourth-order valence-corrected chi connectivity index (χ4v) is 3.28. The number of aliphatic carboxylic acids is 1. The van der Waals surface area contributed by atoms with Gasteiger partial charge >= 0.3 is 5.97 Å². The Hall–Kier alpha value is -3.16. The molecule has 1 aromatic carbocycles. The molecule has 0 amide bonds. The van der Waals surface area contributed by atoms with Crippen molar-refractivity contribution in [1.82, 2.24) is 9.55 Å². The van der Waals surface area contributed by atoms with Gasteiger partial charge in [-0.1, -0.05) is 25.5 Å². The monoisotopic (exact) mass is 428 g/mol. The lowest BCUT2D eigenvalue weighted by Gasteiger charge is -2.21. The highest BCUT2D eigenvalue weighted by Gasteiger charge is 2.29. The number of rotatable bonds is 11. The maximum atomic E-state index is 13.0. The molecular weight excluding hydrogens is 396 g/mol. The minimum Gasteiger partial charge on any atom is -0.478 e. The Bertz CT molecular complexity index is 1010. The Morgan fingerprint density at radius 3 is 2.68 bits per heavy atom. The second kappa shape index (κ2) is 10.2. The lowest BCUT2D eigenvalue weighted by Crippen LogP contribution is -2.37. The molecule has 2 aromatic rings. The van der Waals surface area contributed by atoms with E-state index in [9.17, 15) is 14.7 Å². The predicted molar refractivity (Wildman–Crippen MR) is 122 cm³/mol. The second-order valence-corrected chi connectivity index (χ2v) is 7.99. The summed E-state index contributed by atoms with van der Waals surface area (Å²) in [6.45, 7) is 7.27. The average Bonchev–Trinajstić information content (AvgIpc) is 2.70. The Morgan fingerprint density at radius 1 is 1.35 bits per heavy atom. The summed E-state index contributed by atoms with van der Waals surface area (Å²) in [5.41, 5.74) is 0.647. The fraction of sp³-hybridized carbons (Fsp3) is 0.478. The highest BCUT2D eigenvalue weighted by atomic mass is 16.5. The van der Waals surface area contributed by atoms with Crippen molar-refractivity contribution in [2.24, 2.45) is 0 Å². The molecule has 0 saturated carbocycles. The van der Waals surface area contributed by atoms with Crippen LogP contribution in [-0.2, 0) is 17.8 Å². The van der Waals surface area contributed by atoms with Gasteiger partial charge in [-0.3, -0.25) is 9.36 Å². The van der Waals surface area contributed by atoms with Gasteiger partial charge in [0.2, 0.25) is 0 Å². The zero-order valence-corrected chi connectivity index (χ0v) is 18.9. The van der Waals surface area contributed by atoms with E-state index in [2.05, 4.69) is 10.3 Å². The summed E-state index contributed by atoms with van der Waals surface area (Å²) in [7, 11) is 1.67. The first-order chi connectivity index (χ1) is 14.6. The van der Waals surface area contributed by atoms with Crippen LogP contribution in [0.1, 0.15) is 57.1 Å². The van der Waals surface area contributed by atoms with Crippen molar-refractivity contribution in [2.75, 3.05) is 12.4 Å². The van der Waals surface area contributed by atoms with Crippen LogP contribution in [0.5, 0.6) is 5.75 Å². The minimum absolute atomic E-state index is 0.175. The minimum atomic E-state index is -1.31. The van der Waals surface area contributed by atoms with Gasteiger partial charge in [0.15, 0.2) is 5.60 Å². The van der Waals surface area contributed by atoms with Gasteiger partial charge in [0.05, 0.1) is 5.71 Å². The van der Waals surface area contributed by atoms with Crippen LogP contribution >= 0.6 is 0 Å². The van der Waals surface area contributed by atoms with E-state index < -0.39 is 11.6 Å². The molecule has 0 bridgehead atoms. The zero-order chi connectivity index (χ0) is 23.2. The Balaban J connectivity index is 2.14. The third-order valence-corrected chi connectivity index (χ3v) is 5.03. The molecule has 1 aromatic heterocycles. The quantitative estimate of drug-likeness (QED) is 0.471. The second-order valence-electron chi connectivity index (χ2n) is 7.99. The van der Waals surface area contributed by atoms with E-state index in [0.29, 0.717) is 54.5 Å². The van der Waals surface area contributed by atoms with E-state index in [4.69, 9.17) is 10.1 Å². The Labute approximate surface area is 182 Å². The molecule has 3 N–H and O–H groups in total. The van der Waals surface area contributed by atoms with Gasteiger partial charge in [-0.2, -0.15) is 0 Å². The summed E-state index contributed by atoms with van der Waals surface area (Å²) in [5, 5.41) is 20.3. The van der Waals surface area contributed by atoms with E-state index in [1.54, 1.807) is 24.6 Å². The zero-order valence-electron chi connectivity index (χ0n) is 18.9. The van der Waals surface area contributed by atoms with Crippen molar-refractivity contribution in [3.8, 4) is 5.75 Å². The van der Waals surface area contributed by atoms with Crippen LogP contribution in [0, 0.1) is 12.3 Å². The Kier molecular flexibility index (Phi) is 7.96. The van der Waals surface area contributed by atoms with Gasteiger partial charge < -0.3 is 20.6 Å². The van der Waals surface area contributed by atoms with E-state index >= 15 is 0 Å². The predicted octanol–water partition coefficient (Wildman–Crippen LogP) is 3.64. The third-order valence-electron chi connectivity index (χ3n) is 5.03. The maximum absolute atomic E-state index is 13.0. The molecule has 0 spiro atoms. The summed E-state index contributed by atoms with van der Waals surface area (Å²) >= 11 is 0. The van der Waals surface area contributed by atoms with Crippen LogP contribution in [0.25, 0.3) is 0 Å². The first kappa shape index (κ1) is 24.1. The number of carbonyl (C=O) groups is 1. The molecule has 0 unspecified atom stereocenters. The number of nitrogens with one attached hydrogen (secondary N) is 2. The van der Waals surface area contributed by atoms with Crippen molar-refractivity contribution in [3.63, 3.8) is 0 Å². The molecule has 0 fully saturated rings. The van der Waals surface area contributed by atoms with Gasteiger partial charge in [-0.15, -0.1) is 0 Å². The lowest BCUT2D eigenvalue weighted by atomic mass is 10.1. The van der Waals surface area contributed by atoms with Crippen LogP contribution < -0.4 is 15.6 Å². The summed E-state index contributed by atoms with van der Waals surface area (Å²) in [5.74, 6) is 0.0485. The number of ether oxygens (including phenoxy) is 1. The standard InChI is InChI=1S/C23H32N4O4/c1-6-9-18(24)19-20(25-5)21(28)27(15(2)26-19)13-8-11-16-10-7-12-17(14-16)31-23(3,4)22(29)30/h7,10,12,14,24-25H,6,8-9,11,13H2,1-5H3,(H,29,30). The van der Waals surface area contributed by atoms with E-state index in [1.165, 1.54) is 13.8 Å². The van der Waals surface area contributed by atoms with Crippen LogP contribution in [0.2, 0.25) is 0 Å². The fourth-order valence-electron chi connectivity index (χ4n) is 3.28. The summed E-state index contributed by atoms with van der Waals surface area (Å²) < 4.78 is 7.23. The normalized spacial score (nSPS) is 11.3. The maximum Gasteiger partial charge on any atom is 0.347 e. The summed E-state index contributed by atoms with van der Waals surface area (Å²) in [4.78, 5) is 28.8. The number of hydrogen-bond donors (Lipinski definition) is 3. The molecule has 0 aliphatic rings. The van der Waals surface area contributed by atoms with Crippen molar-refractivity contribution in [1.29, 1.82) is 5.41 Å². The van der Waals surface area contributed by atoms with Crippen LogP contribution in [-0.4, -0.2) is 39.0 Å². The van der Waals surface area contributed by atoms with E-state index in [0.717, 1.165) is 12.0 Å². The molecule has 168 valence electrons. The number of nitrogens with zero attached hydrogens (tertiary/aromatic N) is 2. The van der Waals surface area contributed by atoms with Crippen molar-refractivity contribution in [3.05, 3.63) is 51.7 Å². The van der Waals surface area contributed by atoms with Crippen LogP contribution in [0.4, 0.5) is 5.69 Å². The lowest BCUT2D eigenvalue weighted by molar-refractivity contribution is -0.152. The van der Waals surface area contributed by atoms with Gasteiger partial charge in [-0.05, 0) is 57.7 Å². The first-order valence-electron chi connectivity index (χ1n) is 10.5. The number of aromatic nitrogens is 2. The number of hydrogen-bond acceptors (Lipinski definition) is 6. The molecule has 0 atom stereocenters. The Morgan fingerprint density at radius 2 is 2.06 bits per heavy atom. The molecule has 0 aliphatic heterocycles. The SMILES string of the molecule is CCCC(=N)c1nc(C)n(CCCc2cccc(OC(C)(C)C(=O)O)c2)c(=O)c1NC. The number of carboxylic acids is 1. The largest absolute Gasteiger partial charge is 0.478 e. The number of anilines is 1. The highest BCUT2D eigenvalue weighted by Crippen LogP contribution is 2.21. The van der Waals surface area contributed by atoms with E-state index in [1.807, 2.05) is 25.1 Å². The first-order valence-corrected chi connectivity index (χ1v) is 10.5. The molecule has 8 heteroatoms. The van der Waals surface area contributed by atoms with Gasteiger partial charge in [0.1, 0.15) is 23.0 Å². The number of benzene rings is 1. The molecule has 31 heavy (non-hydrogen) atoms. The molecule has 0 saturated heterocycles. The summed E-state index contributed by atoms with van der Waals surface area (Å²) in [6, 6.07) is 7.33. The number of carboxylic acid groups (broad SMARTS) is 1. The smallest absolute Gasteiger partial charge is 0.347 e. The van der Waals surface area contributed by atoms with E-state index in [-0.39, 0.29) is 5.56 Å².